The highest BCUT2D eigenvalue weighted by Crippen LogP contribution is 2.24. The minimum Gasteiger partial charge on any atom is -0.460 e. The standard InChI is InChI=1S/C18H25NO/c1-13(2)10-15-6-5-7-16(11-15)18-9-8-17(20-18)12-19-14(3)4/h5-9,11,13-14,19H,10,12H2,1-4H3. The van der Waals surface area contributed by atoms with Crippen LogP contribution in [0, 0.1) is 5.92 Å². The maximum absolute atomic E-state index is 5.92. The monoisotopic (exact) mass is 271 g/mol. The van der Waals surface area contributed by atoms with Gasteiger partial charge in [-0.2, -0.15) is 0 Å². The third kappa shape index (κ3) is 4.24. The molecule has 1 heterocycles. The SMILES string of the molecule is CC(C)Cc1cccc(-c2ccc(CNC(C)C)o2)c1. The summed E-state index contributed by atoms with van der Waals surface area (Å²) >= 11 is 0. The van der Waals surface area contributed by atoms with Crippen molar-refractivity contribution in [3.8, 4) is 11.3 Å². The summed E-state index contributed by atoms with van der Waals surface area (Å²) in [6, 6.07) is 13.2. The fraction of sp³-hybridized carbons (Fsp3) is 0.444. The summed E-state index contributed by atoms with van der Waals surface area (Å²) in [5, 5.41) is 3.37. The Hall–Kier alpha value is -1.54. The van der Waals surface area contributed by atoms with E-state index in [-0.39, 0.29) is 0 Å². The van der Waals surface area contributed by atoms with Gasteiger partial charge in [-0.25, -0.2) is 0 Å². The summed E-state index contributed by atoms with van der Waals surface area (Å²) < 4.78 is 5.92. The molecule has 1 N–H and O–H groups in total. The van der Waals surface area contributed by atoms with Gasteiger partial charge in [0.25, 0.3) is 0 Å². The molecule has 2 heteroatoms. The van der Waals surface area contributed by atoms with Gasteiger partial charge in [-0.1, -0.05) is 45.9 Å². The molecule has 0 aliphatic rings. The van der Waals surface area contributed by atoms with Gasteiger partial charge in [0.1, 0.15) is 11.5 Å². The molecule has 0 saturated carbocycles. The summed E-state index contributed by atoms with van der Waals surface area (Å²) in [5.74, 6) is 2.62. The summed E-state index contributed by atoms with van der Waals surface area (Å²) in [5.41, 5.74) is 2.54. The molecule has 2 nitrogen and oxygen atoms in total. The average Bonchev–Trinajstić information content (AvgIpc) is 2.84. The molecule has 1 aromatic carbocycles. The minimum absolute atomic E-state index is 0.470. The fourth-order valence-corrected chi connectivity index (χ4v) is 2.26. The van der Waals surface area contributed by atoms with E-state index in [0.29, 0.717) is 12.0 Å². The number of rotatable bonds is 6. The highest BCUT2D eigenvalue weighted by molar-refractivity contribution is 5.58. The molecule has 0 unspecified atom stereocenters. The largest absolute Gasteiger partial charge is 0.460 e. The molecule has 0 saturated heterocycles. The van der Waals surface area contributed by atoms with Crippen LogP contribution in [0.3, 0.4) is 0 Å². The normalized spacial score (nSPS) is 11.5. The minimum atomic E-state index is 0.470. The van der Waals surface area contributed by atoms with Crippen LogP contribution in [0.2, 0.25) is 0 Å². The zero-order valence-corrected chi connectivity index (χ0v) is 12.9. The number of furan rings is 1. The van der Waals surface area contributed by atoms with Gasteiger partial charge in [0, 0.05) is 11.6 Å². The van der Waals surface area contributed by atoms with E-state index < -0.39 is 0 Å². The molecular weight excluding hydrogens is 246 g/mol. The quantitative estimate of drug-likeness (QED) is 0.827. The van der Waals surface area contributed by atoms with E-state index in [9.17, 15) is 0 Å². The van der Waals surface area contributed by atoms with Crippen LogP contribution in [0.25, 0.3) is 11.3 Å². The molecule has 0 amide bonds. The predicted octanol–water partition coefficient (Wildman–Crippen LogP) is 4.64. The Kier molecular flexibility index (Phi) is 5.02. The van der Waals surface area contributed by atoms with Crippen LogP contribution in [0.4, 0.5) is 0 Å². The van der Waals surface area contributed by atoms with Crippen molar-refractivity contribution in [2.24, 2.45) is 5.92 Å². The van der Waals surface area contributed by atoms with E-state index in [0.717, 1.165) is 24.5 Å². The van der Waals surface area contributed by atoms with Crippen LogP contribution in [-0.4, -0.2) is 6.04 Å². The van der Waals surface area contributed by atoms with Crippen LogP contribution in [0.5, 0.6) is 0 Å². The van der Waals surface area contributed by atoms with Crippen molar-refractivity contribution in [1.29, 1.82) is 0 Å². The molecule has 20 heavy (non-hydrogen) atoms. The van der Waals surface area contributed by atoms with Crippen molar-refractivity contribution in [1.82, 2.24) is 5.32 Å². The lowest BCUT2D eigenvalue weighted by atomic mass is 10.0. The van der Waals surface area contributed by atoms with Crippen molar-refractivity contribution in [3.63, 3.8) is 0 Å². The van der Waals surface area contributed by atoms with Crippen LogP contribution in [0.1, 0.15) is 39.0 Å². The first kappa shape index (κ1) is 14.9. The molecule has 2 aromatic rings. The first-order valence-corrected chi connectivity index (χ1v) is 7.46. The van der Waals surface area contributed by atoms with Gasteiger partial charge in [0.15, 0.2) is 0 Å². The third-order valence-electron chi connectivity index (χ3n) is 3.20. The lowest BCUT2D eigenvalue weighted by Gasteiger charge is -2.07. The Morgan fingerprint density at radius 1 is 1.05 bits per heavy atom. The van der Waals surface area contributed by atoms with Gasteiger partial charge in [-0.05, 0) is 36.1 Å². The molecule has 0 aliphatic carbocycles. The van der Waals surface area contributed by atoms with Crippen molar-refractivity contribution < 1.29 is 4.42 Å². The Morgan fingerprint density at radius 2 is 1.85 bits per heavy atom. The maximum Gasteiger partial charge on any atom is 0.134 e. The second kappa shape index (κ2) is 6.76. The molecule has 0 radical (unpaired) electrons. The Morgan fingerprint density at radius 3 is 2.55 bits per heavy atom. The number of benzene rings is 1. The molecule has 1 aromatic heterocycles. The maximum atomic E-state index is 5.92. The highest BCUT2D eigenvalue weighted by atomic mass is 16.3. The lowest BCUT2D eigenvalue weighted by Crippen LogP contribution is -2.21. The average molecular weight is 271 g/mol. The van der Waals surface area contributed by atoms with Gasteiger partial charge < -0.3 is 9.73 Å². The zero-order chi connectivity index (χ0) is 14.5. The Labute approximate surface area is 122 Å². The zero-order valence-electron chi connectivity index (χ0n) is 12.9. The smallest absolute Gasteiger partial charge is 0.134 e. The predicted molar refractivity (Wildman–Crippen MR) is 84.7 cm³/mol. The molecular formula is C18H25NO. The second-order valence-corrected chi connectivity index (χ2v) is 6.10. The molecule has 108 valence electrons. The van der Waals surface area contributed by atoms with Crippen LogP contribution in [-0.2, 0) is 13.0 Å². The van der Waals surface area contributed by atoms with Crippen molar-refractivity contribution in [3.05, 3.63) is 47.7 Å². The van der Waals surface area contributed by atoms with E-state index in [4.69, 9.17) is 4.42 Å². The topological polar surface area (TPSA) is 25.2 Å². The van der Waals surface area contributed by atoms with Gasteiger partial charge >= 0.3 is 0 Å². The van der Waals surface area contributed by atoms with Crippen LogP contribution >= 0.6 is 0 Å². The van der Waals surface area contributed by atoms with Crippen molar-refractivity contribution in [2.75, 3.05) is 0 Å². The van der Waals surface area contributed by atoms with Crippen LogP contribution in [0.15, 0.2) is 40.8 Å². The fourth-order valence-electron chi connectivity index (χ4n) is 2.26. The second-order valence-electron chi connectivity index (χ2n) is 6.10. The Balaban J connectivity index is 2.11. The summed E-state index contributed by atoms with van der Waals surface area (Å²) in [7, 11) is 0. The molecule has 0 spiro atoms. The van der Waals surface area contributed by atoms with Gasteiger partial charge in [-0.3, -0.25) is 0 Å². The molecule has 0 aliphatic heterocycles. The van der Waals surface area contributed by atoms with E-state index in [1.54, 1.807) is 0 Å². The summed E-state index contributed by atoms with van der Waals surface area (Å²) in [6.07, 6.45) is 1.11. The van der Waals surface area contributed by atoms with Gasteiger partial charge in [0.05, 0.1) is 6.54 Å². The molecule has 0 fully saturated rings. The van der Waals surface area contributed by atoms with Gasteiger partial charge in [0.2, 0.25) is 0 Å². The summed E-state index contributed by atoms with van der Waals surface area (Å²) in [4.78, 5) is 0. The molecule has 2 rings (SSSR count). The molecule has 0 atom stereocenters. The third-order valence-corrected chi connectivity index (χ3v) is 3.20. The van der Waals surface area contributed by atoms with E-state index in [2.05, 4.69) is 69.4 Å². The van der Waals surface area contributed by atoms with E-state index >= 15 is 0 Å². The first-order valence-electron chi connectivity index (χ1n) is 7.46. The van der Waals surface area contributed by atoms with Crippen LogP contribution < -0.4 is 5.32 Å². The highest BCUT2D eigenvalue weighted by Gasteiger charge is 2.06. The van der Waals surface area contributed by atoms with Crippen molar-refractivity contribution in [2.45, 2.75) is 46.7 Å². The number of hydrogen-bond donors (Lipinski definition) is 1. The van der Waals surface area contributed by atoms with Crippen molar-refractivity contribution >= 4 is 0 Å². The lowest BCUT2D eigenvalue weighted by molar-refractivity contribution is 0.473. The molecule has 0 bridgehead atoms. The summed E-state index contributed by atoms with van der Waals surface area (Å²) in [6.45, 7) is 9.55. The Bertz CT molecular complexity index is 540. The van der Waals surface area contributed by atoms with E-state index in [1.807, 2.05) is 0 Å². The number of nitrogens with one attached hydrogen (secondary N) is 1. The first-order chi connectivity index (χ1) is 9.54. The van der Waals surface area contributed by atoms with Gasteiger partial charge in [-0.15, -0.1) is 0 Å². The number of hydrogen-bond acceptors (Lipinski definition) is 2. The van der Waals surface area contributed by atoms with E-state index in [1.165, 1.54) is 11.1 Å².